The summed E-state index contributed by atoms with van der Waals surface area (Å²) in [6.07, 6.45) is 4.18. The first-order valence-corrected chi connectivity index (χ1v) is 6.37. The van der Waals surface area contributed by atoms with Crippen LogP contribution in [-0.2, 0) is 9.47 Å². The van der Waals surface area contributed by atoms with Crippen LogP contribution in [0.4, 0.5) is 0 Å². The second-order valence-electron chi connectivity index (χ2n) is 4.50. The van der Waals surface area contributed by atoms with Gasteiger partial charge in [0.05, 0.1) is 12.4 Å². The lowest BCUT2D eigenvalue weighted by molar-refractivity contribution is 0.0824. The maximum Gasteiger partial charge on any atom is 0.0918 e. The number of nitrogens with two attached hydrogens (primary N) is 1. The van der Waals surface area contributed by atoms with E-state index < -0.39 is 0 Å². The van der Waals surface area contributed by atoms with Crippen molar-refractivity contribution < 1.29 is 9.47 Å². The highest BCUT2D eigenvalue weighted by Gasteiger charge is 2.28. The molecule has 0 radical (unpaired) electrons. The zero-order valence-electron chi connectivity index (χ0n) is 10.8. The first-order chi connectivity index (χ1) is 8.24. The summed E-state index contributed by atoms with van der Waals surface area (Å²) in [5.74, 6) is 0.275. The van der Waals surface area contributed by atoms with Crippen LogP contribution < -0.4 is 5.73 Å². The second kappa shape index (κ2) is 8.44. The molecule has 1 aliphatic carbocycles. The van der Waals surface area contributed by atoms with E-state index in [9.17, 15) is 0 Å². The molecular weight excluding hydrogens is 218 g/mol. The second-order valence-corrected chi connectivity index (χ2v) is 4.50. The fourth-order valence-corrected chi connectivity index (χ4v) is 1.77. The average Bonchev–Trinajstić information content (AvgIpc) is 3.11. The number of hydrogen-bond acceptors (Lipinski definition) is 4. The van der Waals surface area contributed by atoms with Gasteiger partial charge in [0.1, 0.15) is 0 Å². The Morgan fingerprint density at radius 2 is 2.06 bits per heavy atom. The fourth-order valence-electron chi connectivity index (χ4n) is 1.77. The largest absolute Gasteiger partial charge is 0.388 e. The Morgan fingerprint density at radius 1 is 1.29 bits per heavy atom. The van der Waals surface area contributed by atoms with Crippen LogP contribution in [0.15, 0.2) is 0 Å². The third-order valence-corrected chi connectivity index (χ3v) is 2.89. The quantitative estimate of drug-likeness (QED) is 0.320. The minimum absolute atomic E-state index is 0.275. The highest BCUT2D eigenvalue weighted by molar-refractivity contribution is 5.76. The number of rotatable bonds is 11. The fraction of sp³-hybridized carbons (Fsp3) is 0.917. The number of ether oxygens (including phenoxy) is 2. The summed E-state index contributed by atoms with van der Waals surface area (Å²) in [6, 6.07) is 0.705. The molecule has 1 aliphatic rings. The number of amidine groups is 1. The molecule has 17 heavy (non-hydrogen) atoms. The molecule has 5 heteroatoms. The zero-order valence-corrected chi connectivity index (χ0v) is 10.8. The molecule has 0 aromatic heterocycles. The Balaban J connectivity index is 2.02. The number of hydrogen-bond donors (Lipinski definition) is 2. The van der Waals surface area contributed by atoms with Gasteiger partial charge in [0, 0.05) is 45.9 Å². The number of nitrogens with zero attached hydrogens (tertiary/aromatic N) is 1. The molecule has 0 amide bonds. The van der Waals surface area contributed by atoms with Gasteiger partial charge in [0.15, 0.2) is 0 Å². The van der Waals surface area contributed by atoms with E-state index in [2.05, 4.69) is 4.90 Å². The standard InChI is InChI=1S/C12H25N3O2/c1-16-8-2-9-17-10-7-15(11-3-4-11)6-5-12(13)14/h11H,2-10H2,1H3,(H3,13,14). The lowest BCUT2D eigenvalue weighted by atomic mass is 10.3. The molecule has 0 heterocycles. The SMILES string of the molecule is COCCCOCCN(CCC(=N)N)C1CC1. The molecule has 5 nitrogen and oxygen atoms in total. The molecule has 0 spiro atoms. The van der Waals surface area contributed by atoms with E-state index in [1.54, 1.807) is 7.11 Å². The summed E-state index contributed by atoms with van der Waals surface area (Å²) < 4.78 is 10.5. The van der Waals surface area contributed by atoms with Crippen LogP contribution in [0, 0.1) is 5.41 Å². The Kier molecular flexibility index (Phi) is 7.16. The van der Waals surface area contributed by atoms with E-state index in [0.29, 0.717) is 12.5 Å². The summed E-state index contributed by atoms with van der Waals surface area (Å²) >= 11 is 0. The highest BCUT2D eigenvalue weighted by Crippen LogP contribution is 2.26. The Labute approximate surface area is 104 Å². The molecule has 0 saturated heterocycles. The molecule has 0 unspecified atom stereocenters. The molecule has 1 fully saturated rings. The lowest BCUT2D eigenvalue weighted by Crippen LogP contribution is -2.33. The van der Waals surface area contributed by atoms with Crippen molar-refractivity contribution in [3.05, 3.63) is 0 Å². The van der Waals surface area contributed by atoms with E-state index in [1.165, 1.54) is 12.8 Å². The van der Waals surface area contributed by atoms with Gasteiger partial charge in [0.25, 0.3) is 0 Å². The minimum Gasteiger partial charge on any atom is -0.388 e. The van der Waals surface area contributed by atoms with E-state index in [-0.39, 0.29) is 5.84 Å². The first-order valence-electron chi connectivity index (χ1n) is 6.37. The van der Waals surface area contributed by atoms with Gasteiger partial charge >= 0.3 is 0 Å². The molecule has 0 aliphatic heterocycles. The van der Waals surface area contributed by atoms with Crippen molar-refractivity contribution in [2.24, 2.45) is 5.73 Å². The molecule has 100 valence electrons. The van der Waals surface area contributed by atoms with Gasteiger partial charge in [-0.25, -0.2) is 0 Å². The van der Waals surface area contributed by atoms with Crippen molar-refractivity contribution in [3.63, 3.8) is 0 Å². The maximum absolute atomic E-state index is 7.24. The molecule has 1 saturated carbocycles. The zero-order chi connectivity index (χ0) is 12.5. The van der Waals surface area contributed by atoms with Gasteiger partial charge in [-0.1, -0.05) is 0 Å². The van der Waals surface area contributed by atoms with Crippen molar-refractivity contribution in [2.45, 2.75) is 31.7 Å². The van der Waals surface area contributed by atoms with Gasteiger partial charge in [-0.2, -0.15) is 0 Å². The Hall–Kier alpha value is -0.650. The van der Waals surface area contributed by atoms with Crippen LogP contribution in [0.3, 0.4) is 0 Å². The molecule has 1 rings (SSSR count). The van der Waals surface area contributed by atoms with E-state index in [0.717, 1.165) is 39.3 Å². The maximum atomic E-state index is 7.24. The van der Waals surface area contributed by atoms with Crippen LogP contribution in [0.2, 0.25) is 0 Å². The topological polar surface area (TPSA) is 71.6 Å². The normalized spacial score (nSPS) is 15.4. The smallest absolute Gasteiger partial charge is 0.0918 e. The third-order valence-electron chi connectivity index (χ3n) is 2.89. The number of nitrogens with one attached hydrogen (secondary N) is 1. The molecule has 3 N–H and O–H groups in total. The molecule has 0 aromatic rings. The molecule has 0 aromatic carbocycles. The molecule has 0 bridgehead atoms. The predicted octanol–water partition coefficient (Wildman–Crippen LogP) is 0.830. The summed E-state index contributed by atoms with van der Waals surface area (Å²) in [7, 11) is 1.70. The first kappa shape index (κ1) is 14.4. The summed E-state index contributed by atoms with van der Waals surface area (Å²) in [5, 5.41) is 7.24. The Bertz CT molecular complexity index is 220. The molecule has 0 atom stereocenters. The minimum atomic E-state index is 0.275. The monoisotopic (exact) mass is 243 g/mol. The van der Waals surface area contributed by atoms with E-state index >= 15 is 0 Å². The summed E-state index contributed by atoms with van der Waals surface area (Å²) in [6.45, 7) is 4.13. The summed E-state index contributed by atoms with van der Waals surface area (Å²) in [4.78, 5) is 2.39. The number of methoxy groups -OCH3 is 1. The van der Waals surface area contributed by atoms with E-state index in [4.69, 9.17) is 20.6 Å². The van der Waals surface area contributed by atoms with Gasteiger partial charge in [0.2, 0.25) is 0 Å². The van der Waals surface area contributed by atoms with Crippen LogP contribution in [0.25, 0.3) is 0 Å². The third kappa shape index (κ3) is 7.31. The van der Waals surface area contributed by atoms with Crippen LogP contribution in [0.1, 0.15) is 25.7 Å². The van der Waals surface area contributed by atoms with Crippen molar-refractivity contribution in [1.29, 1.82) is 5.41 Å². The van der Waals surface area contributed by atoms with Crippen LogP contribution in [0.5, 0.6) is 0 Å². The van der Waals surface area contributed by atoms with Gasteiger partial charge in [-0.15, -0.1) is 0 Å². The molecular formula is C12H25N3O2. The van der Waals surface area contributed by atoms with Gasteiger partial charge in [-0.3, -0.25) is 10.3 Å². The van der Waals surface area contributed by atoms with Crippen molar-refractivity contribution in [2.75, 3.05) is 40.0 Å². The van der Waals surface area contributed by atoms with Crippen molar-refractivity contribution in [1.82, 2.24) is 4.90 Å². The van der Waals surface area contributed by atoms with Crippen LogP contribution >= 0.6 is 0 Å². The van der Waals surface area contributed by atoms with Crippen LogP contribution in [-0.4, -0.2) is 56.8 Å². The average molecular weight is 243 g/mol. The van der Waals surface area contributed by atoms with Gasteiger partial charge in [-0.05, 0) is 19.3 Å². The van der Waals surface area contributed by atoms with Crippen molar-refractivity contribution in [3.8, 4) is 0 Å². The highest BCUT2D eigenvalue weighted by atomic mass is 16.5. The lowest BCUT2D eigenvalue weighted by Gasteiger charge is -2.21. The summed E-state index contributed by atoms with van der Waals surface area (Å²) in [5.41, 5.74) is 5.38. The van der Waals surface area contributed by atoms with Crippen molar-refractivity contribution >= 4 is 5.84 Å². The van der Waals surface area contributed by atoms with Gasteiger partial charge < -0.3 is 15.2 Å². The van der Waals surface area contributed by atoms with E-state index in [1.807, 2.05) is 0 Å². The Morgan fingerprint density at radius 3 is 2.65 bits per heavy atom. The predicted molar refractivity (Wildman–Crippen MR) is 68.4 cm³/mol.